The van der Waals surface area contributed by atoms with Gasteiger partial charge in [0.1, 0.15) is 6.10 Å². The molecule has 2 aliphatic rings. The van der Waals surface area contributed by atoms with Gasteiger partial charge in [-0.1, -0.05) is 42.6 Å². The lowest BCUT2D eigenvalue weighted by Crippen LogP contribution is -2.56. The van der Waals surface area contributed by atoms with Crippen molar-refractivity contribution in [1.29, 1.82) is 0 Å². The summed E-state index contributed by atoms with van der Waals surface area (Å²) in [6.07, 6.45) is 4.34. The molecular weight excluding hydrogens is 302 g/mol. The maximum atomic E-state index is 12.5. The van der Waals surface area contributed by atoms with E-state index >= 15 is 0 Å². The Morgan fingerprint density at radius 3 is 2.73 bits per heavy atom. The fraction of sp³-hybridized carbons (Fsp3) is 0.588. The van der Waals surface area contributed by atoms with Crippen LogP contribution >= 0.6 is 11.6 Å². The van der Waals surface area contributed by atoms with Crippen molar-refractivity contribution in [3.8, 4) is 0 Å². The molecule has 1 aromatic carbocycles. The Bertz CT molecular complexity index is 559. The summed E-state index contributed by atoms with van der Waals surface area (Å²) in [5.41, 5.74) is 1.37. The highest BCUT2D eigenvalue weighted by Crippen LogP contribution is 2.44. The van der Waals surface area contributed by atoms with Crippen molar-refractivity contribution in [2.75, 3.05) is 20.3 Å². The van der Waals surface area contributed by atoms with E-state index in [1.165, 1.54) is 30.6 Å². The molecule has 1 aromatic rings. The van der Waals surface area contributed by atoms with Gasteiger partial charge in [-0.2, -0.15) is 0 Å². The minimum absolute atomic E-state index is 0.180. The van der Waals surface area contributed by atoms with E-state index in [1.807, 2.05) is 18.2 Å². The van der Waals surface area contributed by atoms with Gasteiger partial charge in [-0.05, 0) is 30.4 Å². The molecule has 0 spiro atoms. The number of hydrogen-bond acceptors (Lipinski definition) is 3. The van der Waals surface area contributed by atoms with Crippen LogP contribution in [-0.2, 0) is 4.74 Å². The molecule has 2 unspecified atom stereocenters. The van der Waals surface area contributed by atoms with Gasteiger partial charge < -0.3 is 14.7 Å². The number of halogens is 1. The van der Waals surface area contributed by atoms with E-state index < -0.39 is 11.1 Å². The van der Waals surface area contributed by atoms with Crippen LogP contribution in [0, 0.1) is 5.92 Å². The number of carbonyl (C=O) groups is 1. The third-order valence-corrected chi connectivity index (χ3v) is 5.50. The molecule has 1 aliphatic carbocycles. The molecule has 1 N–H and O–H groups in total. The Morgan fingerprint density at radius 2 is 2.05 bits per heavy atom. The first-order valence-corrected chi connectivity index (χ1v) is 8.24. The van der Waals surface area contributed by atoms with E-state index in [1.54, 1.807) is 13.1 Å². The Labute approximate surface area is 136 Å². The lowest BCUT2D eigenvalue weighted by Gasteiger charge is -2.45. The fourth-order valence-corrected chi connectivity index (χ4v) is 3.76. The molecule has 1 saturated carbocycles. The van der Waals surface area contributed by atoms with Gasteiger partial charge in [0.25, 0.3) is 5.91 Å². The maximum Gasteiger partial charge on any atom is 0.255 e. The molecule has 2 atom stereocenters. The number of alkyl halides is 1. The van der Waals surface area contributed by atoms with Crippen LogP contribution in [0.25, 0.3) is 0 Å². The average Bonchev–Trinajstić information content (AvgIpc) is 3.06. The van der Waals surface area contributed by atoms with E-state index in [-0.39, 0.29) is 12.5 Å². The number of aliphatic hydroxyl groups is 1. The molecule has 0 aromatic heterocycles. The van der Waals surface area contributed by atoms with Crippen LogP contribution < -0.4 is 0 Å². The van der Waals surface area contributed by atoms with Crippen LogP contribution in [0.15, 0.2) is 24.3 Å². The Balaban J connectivity index is 1.91. The van der Waals surface area contributed by atoms with Gasteiger partial charge in [0.15, 0.2) is 5.00 Å². The molecule has 1 amide bonds. The maximum absolute atomic E-state index is 12.5. The summed E-state index contributed by atoms with van der Waals surface area (Å²) in [5, 5.41) is 9.82. The number of likely N-dealkylation sites (N-methyl/N-ethyl adjacent to an activating group) is 1. The van der Waals surface area contributed by atoms with Crippen molar-refractivity contribution in [2.24, 2.45) is 5.92 Å². The summed E-state index contributed by atoms with van der Waals surface area (Å²) in [6, 6.07) is 7.36. The second kappa shape index (κ2) is 6.19. The van der Waals surface area contributed by atoms with Crippen LogP contribution in [0.3, 0.4) is 0 Å². The van der Waals surface area contributed by atoms with Crippen LogP contribution in [0.4, 0.5) is 0 Å². The smallest absolute Gasteiger partial charge is 0.255 e. The molecule has 0 bridgehead atoms. The highest BCUT2D eigenvalue weighted by atomic mass is 35.5. The van der Waals surface area contributed by atoms with Crippen LogP contribution in [0.5, 0.6) is 0 Å². The first-order chi connectivity index (χ1) is 10.6. The summed E-state index contributed by atoms with van der Waals surface area (Å²) >= 11 is 6.61. The molecule has 1 aliphatic heterocycles. The number of ether oxygens (including phenoxy) is 1. The summed E-state index contributed by atoms with van der Waals surface area (Å²) in [5.74, 6) is 0.370. The van der Waals surface area contributed by atoms with E-state index in [0.717, 1.165) is 5.56 Å². The van der Waals surface area contributed by atoms with Gasteiger partial charge in [-0.25, -0.2) is 0 Å². The van der Waals surface area contributed by atoms with Crippen molar-refractivity contribution < 1.29 is 14.6 Å². The zero-order valence-corrected chi connectivity index (χ0v) is 13.6. The highest BCUT2D eigenvalue weighted by Gasteiger charge is 2.50. The van der Waals surface area contributed by atoms with Gasteiger partial charge in [0.2, 0.25) is 0 Å². The number of aliphatic hydroxyl groups excluding tert-OH is 1. The number of carbonyl (C=O) groups excluding carboxylic acids is 1. The molecule has 22 heavy (non-hydrogen) atoms. The lowest BCUT2D eigenvalue weighted by molar-refractivity contribution is -0.0587. The SMILES string of the molecule is CN1C(=O)c2ccccc2C(OCC2CCCC2)C1(Cl)CO. The molecule has 4 nitrogen and oxygen atoms in total. The van der Waals surface area contributed by atoms with Crippen molar-refractivity contribution in [1.82, 2.24) is 4.90 Å². The third kappa shape index (κ3) is 2.53. The molecule has 3 rings (SSSR count). The number of benzene rings is 1. The van der Waals surface area contributed by atoms with Gasteiger partial charge >= 0.3 is 0 Å². The number of rotatable bonds is 4. The first kappa shape index (κ1) is 15.8. The molecule has 1 heterocycles. The monoisotopic (exact) mass is 323 g/mol. The zero-order valence-electron chi connectivity index (χ0n) is 12.8. The number of nitrogens with zero attached hydrogens (tertiary/aromatic N) is 1. The van der Waals surface area contributed by atoms with Gasteiger partial charge in [0.05, 0.1) is 13.2 Å². The second-order valence-electron chi connectivity index (χ2n) is 6.29. The topological polar surface area (TPSA) is 49.8 Å². The molecule has 120 valence electrons. The Kier molecular flexibility index (Phi) is 4.44. The molecule has 1 fully saturated rings. The largest absolute Gasteiger partial charge is 0.392 e. The van der Waals surface area contributed by atoms with E-state index in [9.17, 15) is 9.90 Å². The van der Waals surface area contributed by atoms with E-state index in [2.05, 4.69) is 0 Å². The number of amides is 1. The molecule has 5 heteroatoms. The van der Waals surface area contributed by atoms with Gasteiger partial charge in [0, 0.05) is 12.6 Å². The summed E-state index contributed by atoms with van der Waals surface area (Å²) in [7, 11) is 1.62. The van der Waals surface area contributed by atoms with Gasteiger partial charge in [-0.15, -0.1) is 0 Å². The zero-order chi connectivity index (χ0) is 15.7. The molecular formula is C17H22ClNO3. The lowest BCUT2D eigenvalue weighted by atomic mass is 9.90. The average molecular weight is 324 g/mol. The third-order valence-electron chi connectivity index (χ3n) is 4.93. The van der Waals surface area contributed by atoms with Crippen molar-refractivity contribution >= 4 is 17.5 Å². The predicted molar refractivity (Wildman–Crippen MR) is 84.9 cm³/mol. The van der Waals surface area contributed by atoms with Crippen LogP contribution in [-0.4, -0.2) is 41.2 Å². The Hall–Kier alpha value is -1.10. The first-order valence-electron chi connectivity index (χ1n) is 7.86. The quantitative estimate of drug-likeness (QED) is 0.684. The van der Waals surface area contributed by atoms with E-state index in [4.69, 9.17) is 16.3 Å². The van der Waals surface area contributed by atoms with Crippen molar-refractivity contribution in [3.63, 3.8) is 0 Å². The van der Waals surface area contributed by atoms with Crippen molar-refractivity contribution in [3.05, 3.63) is 35.4 Å². The fourth-order valence-electron chi connectivity index (χ4n) is 3.50. The number of fused-ring (bicyclic) bond motifs is 1. The molecule has 0 radical (unpaired) electrons. The minimum atomic E-state index is -1.25. The molecule has 0 saturated heterocycles. The minimum Gasteiger partial charge on any atom is -0.392 e. The summed E-state index contributed by atoms with van der Waals surface area (Å²) in [6.45, 7) is 0.274. The highest BCUT2D eigenvalue weighted by molar-refractivity contribution is 6.26. The standard InChI is InChI=1S/C17H22ClNO3/c1-19-16(21)14-9-5-4-8-13(14)15(17(19,18)11-20)22-10-12-6-2-3-7-12/h4-5,8-9,12,15,20H,2-3,6-7,10-11H2,1H3. The summed E-state index contributed by atoms with van der Waals surface area (Å²) in [4.78, 5) is 12.6. The number of hydrogen-bond donors (Lipinski definition) is 1. The summed E-state index contributed by atoms with van der Waals surface area (Å²) < 4.78 is 6.13. The van der Waals surface area contributed by atoms with Crippen LogP contribution in [0.2, 0.25) is 0 Å². The van der Waals surface area contributed by atoms with Gasteiger partial charge in [-0.3, -0.25) is 4.79 Å². The van der Waals surface area contributed by atoms with Crippen molar-refractivity contribution in [2.45, 2.75) is 36.8 Å². The second-order valence-corrected chi connectivity index (χ2v) is 6.95. The van der Waals surface area contributed by atoms with E-state index in [0.29, 0.717) is 18.1 Å². The normalized spacial score (nSPS) is 29.0. The Morgan fingerprint density at radius 1 is 1.36 bits per heavy atom. The predicted octanol–water partition coefficient (Wildman–Crippen LogP) is 2.95. The van der Waals surface area contributed by atoms with Crippen LogP contribution in [0.1, 0.15) is 47.7 Å².